The molecule has 7 heteroatoms. The Balaban J connectivity index is 3.52. The van der Waals surface area contributed by atoms with Crippen LogP contribution in [0.15, 0.2) is 17.0 Å². The van der Waals surface area contributed by atoms with Gasteiger partial charge in [0.2, 0.25) is 0 Å². The summed E-state index contributed by atoms with van der Waals surface area (Å²) in [5, 5.41) is 8.63. The van der Waals surface area contributed by atoms with E-state index in [9.17, 15) is 18.0 Å². The fourth-order valence-corrected chi connectivity index (χ4v) is 1.51. The van der Waals surface area contributed by atoms with Crippen molar-refractivity contribution in [2.24, 2.45) is 0 Å². The van der Waals surface area contributed by atoms with Crippen LogP contribution in [0.25, 0.3) is 0 Å². The second-order valence-corrected chi connectivity index (χ2v) is 3.50. The van der Waals surface area contributed by atoms with Gasteiger partial charge in [0.05, 0.1) is 23.8 Å². The van der Waals surface area contributed by atoms with Gasteiger partial charge in [-0.1, -0.05) is 0 Å². The molecule has 90 valence electrons. The smallest absolute Gasteiger partial charge is 0.417 e. The molecule has 1 rings (SSSR count). The quantitative estimate of drug-likeness (QED) is 0.624. The number of methoxy groups -OCH3 is 1. The Hall–Kier alpha value is -1.68. The second-order valence-electron chi connectivity index (χ2n) is 3.02. The van der Waals surface area contributed by atoms with E-state index in [4.69, 9.17) is 5.26 Å². The van der Waals surface area contributed by atoms with Gasteiger partial charge < -0.3 is 4.74 Å². The standard InChI is InChI=1S/C10H6F3NO2S/c1-16-9(15)5-2-7(10(11,12)13)6(4-14)8(17)3-5/h2-3,17H,1H3. The summed E-state index contributed by atoms with van der Waals surface area (Å²) in [6, 6.07) is 3.04. The molecule has 0 fully saturated rings. The lowest BCUT2D eigenvalue weighted by molar-refractivity contribution is -0.137. The van der Waals surface area contributed by atoms with Gasteiger partial charge in [-0.3, -0.25) is 0 Å². The van der Waals surface area contributed by atoms with Crippen molar-refractivity contribution in [2.45, 2.75) is 11.1 Å². The van der Waals surface area contributed by atoms with Crippen molar-refractivity contribution in [3.63, 3.8) is 0 Å². The summed E-state index contributed by atoms with van der Waals surface area (Å²) >= 11 is 3.75. The predicted molar refractivity (Wildman–Crippen MR) is 54.8 cm³/mol. The van der Waals surface area contributed by atoms with E-state index in [0.29, 0.717) is 6.07 Å². The van der Waals surface area contributed by atoms with Crippen LogP contribution < -0.4 is 0 Å². The SMILES string of the molecule is COC(=O)c1cc(S)c(C#N)c(C(F)(F)F)c1. The Labute approximate surface area is 100 Å². The lowest BCUT2D eigenvalue weighted by Crippen LogP contribution is -2.11. The number of nitrogens with zero attached hydrogens (tertiary/aromatic N) is 1. The zero-order chi connectivity index (χ0) is 13.2. The minimum Gasteiger partial charge on any atom is -0.465 e. The van der Waals surface area contributed by atoms with Gasteiger partial charge in [-0.2, -0.15) is 18.4 Å². The highest BCUT2D eigenvalue weighted by atomic mass is 32.1. The lowest BCUT2D eigenvalue weighted by Gasteiger charge is -2.11. The Morgan fingerprint density at radius 1 is 1.47 bits per heavy atom. The summed E-state index contributed by atoms with van der Waals surface area (Å²) in [5.74, 6) is -0.921. The van der Waals surface area contributed by atoms with Crippen LogP contribution in [0.3, 0.4) is 0 Å². The molecule has 0 heterocycles. The highest BCUT2D eigenvalue weighted by Crippen LogP contribution is 2.35. The van der Waals surface area contributed by atoms with Gasteiger partial charge in [0, 0.05) is 4.90 Å². The second kappa shape index (κ2) is 4.67. The molecular weight excluding hydrogens is 255 g/mol. The van der Waals surface area contributed by atoms with Crippen molar-refractivity contribution < 1.29 is 22.7 Å². The number of hydrogen-bond donors (Lipinski definition) is 1. The fraction of sp³-hybridized carbons (Fsp3) is 0.200. The van der Waals surface area contributed by atoms with E-state index < -0.39 is 23.3 Å². The molecule has 1 aromatic rings. The van der Waals surface area contributed by atoms with Gasteiger partial charge in [0.1, 0.15) is 6.07 Å². The van der Waals surface area contributed by atoms with E-state index in [1.54, 1.807) is 0 Å². The molecule has 1 aromatic carbocycles. The van der Waals surface area contributed by atoms with Crippen LogP contribution in [0.1, 0.15) is 21.5 Å². The first-order valence-electron chi connectivity index (χ1n) is 4.24. The molecule has 0 radical (unpaired) electrons. The molecule has 0 amide bonds. The highest BCUT2D eigenvalue weighted by molar-refractivity contribution is 7.80. The molecule has 0 saturated carbocycles. The van der Waals surface area contributed by atoms with Crippen molar-refractivity contribution in [3.05, 3.63) is 28.8 Å². The first kappa shape index (κ1) is 13.4. The number of carbonyl (C=O) groups excluding carboxylic acids is 1. The summed E-state index contributed by atoms with van der Waals surface area (Å²) in [5.41, 5.74) is -2.12. The van der Waals surface area contributed by atoms with Crippen LogP contribution in [0, 0.1) is 11.3 Å². The maximum absolute atomic E-state index is 12.6. The topological polar surface area (TPSA) is 50.1 Å². The van der Waals surface area contributed by atoms with E-state index in [0.717, 1.165) is 13.2 Å². The van der Waals surface area contributed by atoms with Crippen molar-refractivity contribution in [1.29, 1.82) is 5.26 Å². The number of hydrogen-bond acceptors (Lipinski definition) is 4. The van der Waals surface area contributed by atoms with Crippen molar-refractivity contribution in [1.82, 2.24) is 0 Å². The van der Waals surface area contributed by atoms with Gasteiger partial charge in [-0.15, -0.1) is 12.6 Å². The molecule has 0 N–H and O–H groups in total. The molecular formula is C10H6F3NO2S. The minimum atomic E-state index is -4.73. The first-order valence-corrected chi connectivity index (χ1v) is 4.68. The Bertz CT molecular complexity index is 505. The van der Waals surface area contributed by atoms with Crippen LogP contribution in [0.4, 0.5) is 13.2 Å². The largest absolute Gasteiger partial charge is 0.465 e. The van der Waals surface area contributed by atoms with E-state index in [-0.39, 0.29) is 10.5 Å². The molecule has 0 aliphatic rings. The number of thiol groups is 1. The van der Waals surface area contributed by atoms with Crippen LogP contribution in [0.5, 0.6) is 0 Å². The van der Waals surface area contributed by atoms with Crippen LogP contribution in [0.2, 0.25) is 0 Å². The van der Waals surface area contributed by atoms with E-state index in [1.165, 1.54) is 6.07 Å². The summed E-state index contributed by atoms with van der Waals surface area (Å²) in [7, 11) is 1.05. The fourth-order valence-electron chi connectivity index (χ4n) is 1.20. The maximum atomic E-state index is 12.6. The maximum Gasteiger partial charge on any atom is 0.417 e. The molecule has 0 bridgehead atoms. The molecule has 0 aliphatic carbocycles. The third-order valence-electron chi connectivity index (χ3n) is 1.96. The number of esters is 1. The van der Waals surface area contributed by atoms with Crippen LogP contribution in [-0.2, 0) is 10.9 Å². The summed E-state index contributed by atoms with van der Waals surface area (Å²) in [6.45, 7) is 0. The summed E-state index contributed by atoms with van der Waals surface area (Å²) in [4.78, 5) is 10.9. The summed E-state index contributed by atoms with van der Waals surface area (Å²) < 4.78 is 42.2. The number of nitriles is 1. The van der Waals surface area contributed by atoms with Gasteiger partial charge in [0.15, 0.2) is 0 Å². The first-order chi connectivity index (χ1) is 7.81. The molecule has 0 spiro atoms. The average molecular weight is 261 g/mol. The molecule has 0 unspecified atom stereocenters. The molecule has 3 nitrogen and oxygen atoms in total. The van der Waals surface area contributed by atoms with Crippen molar-refractivity contribution in [2.75, 3.05) is 7.11 Å². The van der Waals surface area contributed by atoms with E-state index in [2.05, 4.69) is 17.4 Å². The molecule has 17 heavy (non-hydrogen) atoms. The van der Waals surface area contributed by atoms with E-state index in [1.807, 2.05) is 0 Å². The predicted octanol–water partition coefficient (Wildman–Crippen LogP) is 2.65. The number of alkyl halides is 3. The minimum absolute atomic E-state index is 0.220. The summed E-state index contributed by atoms with van der Waals surface area (Å²) in [6.07, 6.45) is -4.73. The molecule has 0 aliphatic heterocycles. The number of carbonyl (C=O) groups is 1. The zero-order valence-electron chi connectivity index (χ0n) is 8.50. The van der Waals surface area contributed by atoms with Gasteiger partial charge in [-0.05, 0) is 12.1 Å². The number of benzene rings is 1. The highest BCUT2D eigenvalue weighted by Gasteiger charge is 2.35. The Morgan fingerprint density at radius 2 is 2.06 bits per heavy atom. The number of halogens is 3. The Morgan fingerprint density at radius 3 is 2.47 bits per heavy atom. The van der Waals surface area contributed by atoms with Gasteiger partial charge in [0.25, 0.3) is 0 Å². The monoisotopic (exact) mass is 261 g/mol. The third-order valence-corrected chi connectivity index (χ3v) is 2.31. The normalized spacial score (nSPS) is 10.8. The van der Waals surface area contributed by atoms with E-state index >= 15 is 0 Å². The zero-order valence-corrected chi connectivity index (χ0v) is 9.39. The number of ether oxygens (including phenoxy) is 1. The Kier molecular flexibility index (Phi) is 3.68. The molecule has 0 saturated heterocycles. The number of rotatable bonds is 1. The molecule has 0 atom stereocenters. The van der Waals surface area contributed by atoms with Gasteiger partial charge >= 0.3 is 12.1 Å². The van der Waals surface area contributed by atoms with Gasteiger partial charge in [-0.25, -0.2) is 4.79 Å². The lowest BCUT2D eigenvalue weighted by atomic mass is 10.0. The average Bonchev–Trinajstić information content (AvgIpc) is 2.25. The van der Waals surface area contributed by atoms with Crippen LogP contribution in [-0.4, -0.2) is 13.1 Å². The van der Waals surface area contributed by atoms with Crippen LogP contribution >= 0.6 is 12.6 Å². The third kappa shape index (κ3) is 2.71. The molecule has 0 aromatic heterocycles. The van der Waals surface area contributed by atoms with Crippen molar-refractivity contribution >= 4 is 18.6 Å². The van der Waals surface area contributed by atoms with Crippen molar-refractivity contribution in [3.8, 4) is 6.07 Å².